The van der Waals surface area contributed by atoms with Gasteiger partial charge in [-0.15, -0.1) is 0 Å². The van der Waals surface area contributed by atoms with E-state index in [9.17, 15) is 14.4 Å². The lowest BCUT2D eigenvalue weighted by atomic mass is 10.0. The molecule has 6 nitrogen and oxygen atoms in total. The highest BCUT2D eigenvalue weighted by Gasteiger charge is 2.19. The standard InChI is InChI=1S/C76H128O6/c1-4-7-10-13-15-17-19-21-23-25-27-29-31-33-35-36-37-38-39-40-41-43-44-46-48-50-52-54-56-58-60-63-66-69-75(78)81-72-73(71-80-74(77)68-65-62-12-9-6-3)82-76(79)70-67-64-61-59-57-55-53-51-49-47-45-42-34-32-30-28-26-24-22-20-18-16-14-11-8-5-2/h7,10,15,17,21,23,27,29,33,35,37-38,40-41,44,46,50,52,56,58,73H,4-6,8-9,11-14,16,18-20,22,24-26,28,30-32,34,36,39,42-43,45,47-49,51,53-55,57,59-72H2,1-3H3/b10-7-,17-15-,23-21-,29-27-,35-33-,38-37-,41-40-,46-44-,52-50-,58-56-. The average Bonchev–Trinajstić information content (AvgIpc) is 3.47. The minimum Gasteiger partial charge on any atom is -0.462 e. The van der Waals surface area contributed by atoms with E-state index in [1.165, 1.54) is 148 Å². The van der Waals surface area contributed by atoms with Crippen molar-refractivity contribution in [2.45, 2.75) is 329 Å². The Kier molecular flexibility index (Phi) is 65.8. The molecule has 0 saturated heterocycles. The molecule has 468 valence electrons. The van der Waals surface area contributed by atoms with Gasteiger partial charge in [-0.1, -0.05) is 328 Å². The van der Waals surface area contributed by atoms with Crippen LogP contribution >= 0.6 is 0 Å². The van der Waals surface area contributed by atoms with Gasteiger partial charge in [-0.3, -0.25) is 14.4 Å². The van der Waals surface area contributed by atoms with E-state index in [0.29, 0.717) is 19.3 Å². The second-order valence-corrected chi connectivity index (χ2v) is 22.7. The molecule has 0 aliphatic rings. The van der Waals surface area contributed by atoms with Gasteiger partial charge in [-0.25, -0.2) is 0 Å². The van der Waals surface area contributed by atoms with Crippen molar-refractivity contribution in [3.63, 3.8) is 0 Å². The minimum atomic E-state index is -0.794. The van der Waals surface area contributed by atoms with Gasteiger partial charge in [0.15, 0.2) is 6.10 Å². The topological polar surface area (TPSA) is 78.9 Å². The Morgan fingerprint density at radius 1 is 0.256 bits per heavy atom. The first-order valence-electron chi connectivity index (χ1n) is 34.5. The number of hydrogen-bond donors (Lipinski definition) is 0. The Bertz CT molecular complexity index is 1690. The largest absolute Gasteiger partial charge is 0.462 e. The van der Waals surface area contributed by atoms with Gasteiger partial charge in [0.25, 0.3) is 0 Å². The van der Waals surface area contributed by atoms with E-state index in [1.54, 1.807) is 0 Å². The lowest BCUT2D eigenvalue weighted by Crippen LogP contribution is -2.30. The van der Waals surface area contributed by atoms with E-state index >= 15 is 0 Å². The minimum absolute atomic E-state index is 0.0918. The predicted octanol–water partition coefficient (Wildman–Crippen LogP) is 23.9. The van der Waals surface area contributed by atoms with Gasteiger partial charge in [0.1, 0.15) is 13.2 Å². The van der Waals surface area contributed by atoms with Crippen molar-refractivity contribution >= 4 is 17.9 Å². The van der Waals surface area contributed by atoms with Crippen molar-refractivity contribution in [3.8, 4) is 0 Å². The molecule has 0 aliphatic carbocycles. The molecule has 0 aromatic carbocycles. The number of carbonyl (C=O) groups excluding carboxylic acids is 3. The van der Waals surface area contributed by atoms with Crippen LogP contribution < -0.4 is 0 Å². The number of unbranched alkanes of at least 4 members (excludes halogenated alkanes) is 31. The second kappa shape index (κ2) is 69.3. The molecule has 0 N–H and O–H groups in total. The third-order valence-corrected chi connectivity index (χ3v) is 14.7. The molecule has 1 atom stereocenters. The van der Waals surface area contributed by atoms with E-state index in [4.69, 9.17) is 14.2 Å². The van der Waals surface area contributed by atoms with Gasteiger partial charge < -0.3 is 14.2 Å². The molecule has 0 aromatic heterocycles. The maximum Gasteiger partial charge on any atom is 0.306 e. The van der Waals surface area contributed by atoms with E-state index in [1.807, 2.05) is 0 Å². The van der Waals surface area contributed by atoms with Gasteiger partial charge in [0.2, 0.25) is 0 Å². The third-order valence-electron chi connectivity index (χ3n) is 14.7. The number of allylic oxidation sites excluding steroid dienone is 20. The summed E-state index contributed by atoms with van der Waals surface area (Å²) in [6.07, 6.45) is 97.1. The summed E-state index contributed by atoms with van der Waals surface area (Å²) in [5.41, 5.74) is 0. The Labute approximate surface area is 507 Å². The molecule has 0 aliphatic heterocycles. The maximum absolute atomic E-state index is 12.9. The first kappa shape index (κ1) is 77.8. The second-order valence-electron chi connectivity index (χ2n) is 22.7. The van der Waals surface area contributed by atoms with Crippen molar-refractivity contribution in [1.29, 1.82) is 0 Å². The highest BCUT2D eigenvalue weighted by molar-refractivity contribution is 5.71. The van der Waals surface area contributed by atoms with E-state index in [0.717, 1.165) is 135 Å². The van der Waals surface area contributed by atoms with Gasteiger partial charge in [-0.2, -0.15) is 0 Å². The number of hydrogen-bond acceptors (Lipinski definition) is 6. The summed E-state index contributed by atoms with van der Waals surface area (Å²) in [5, 5.41) is 0. The summed E-state index contributed by atoms with van der Waals surface area (Å²) in [7, 11) is 0. The zero-order valence-corrected chi connectivity index (χ0v) is 53.7. The van der Waals surface area contributed by atoms with Gasteiger partial charge >= 0.3 is 17.9 Å². The molecule has 0 radical (unpaired) electrons. The Hall–Kier alpha value is -4.19. The number of ether oxygens (including phenoxy) is 3. The molecule has 0 spiro atoms. The van der Waals surface area contributed by atoms with Crippen LogP contribution in [-0.4, -0.2) is 37.2 Å². The molecule has 0 amide bonds. The van der Waals surface area contributed by atoms with Crippen LogP contribution in [0.2, 0.25) is 0 Å². The molecule has 0 saturated carbocycles. The molecule has 0 rings (SSSR count). The summed E-state index contributed by atoms with van der Waals surface area (Å²) < 4.78 is 16.8. The molecule has 6 heteroatoms. The van der Waals surface area contributed by atoms with Crippen molar-refractivity contribution in [2.75, 3.05) is 13.2 Å². The van der Waals surface area contributed by atoms with Crippen molar-refractivity contribution in [2.24, 2.45) is 0 Å². The maximum atomic E-state index is 12.9. The number of esters is 3. The summed E-state index contributed by atoms with van der Waals surface area (Å²) in [5.74, 6) is -0.943. The summed E-state index contributed by atoms with van der Waals surface area (Å²) in [6.45, 7) is 6.43. The van der Waals surface area contributed by atoms with Crippen molar-refractivity contribution in [3.05, 3.63) is 122 Å². The Morgan fingerprint density at radius 3 is 0.744 bits per heavy atom. The highest BCUT2D eigenvalue weighted by atomic mass is 16.6. The Morgan fingerprint density at radius 2 is 0.476 bits per heavy atom. The highest BCUT2D eigenvalue weighted by Crippen LogP contribution is 2.17. The summed E-state index contributed by atoms with van der Waals surface area (Å²) in [6, 6.07) is 0. The fourth-order valence-electron chi connectivity index (χ4n) is 9.59. The Balaban J connectivity index is 4.11. The van der Waals surface area contributed by atoms with Crippen LogP contribution in [-0.2, 0) is 28.6 Å². The lowest BCUT2D eigenvalue weighted by molar-refractivity contribution is -0.167. The quantitative estimate of drug-likeness (QED) is 0.0261. The monoisotopic (exact) mass is 1140 g/mol. The first-order chi connectivity index (χ1) is 40.5. The number of rotatable bonds is 62. The third kappa shape index (κ3) is 66.6. The zero-order valence-electron chi connectivity index (χ0n) is 53.7. The molecular weight excluding hydrogens is 1010 g/mol. The van der Waals surface area contributed by atoms with Crippen LogP contribution in [0.15, 0.2) is 122 Å². The van der Waals surface area contributed by atoms with Crippen LogP contribution in [0, 0.1) is 0 Å². The van der Waals surface area contributed by atoms with Crippen LogP contribution in [0.1, 0.15) is 323 Å². The zero-order chi connectivity index (χ0) is 59.2. The number of carbonyl (C=O) groups is 3. The van der Waals surface area contributed by atoms with E-state index in [2.05, 4.69) is 142 Å². The first-order valence-corrected chi connectivity index (χ1v) is 34.5. The molecule has 82 heavy (non-hydrogen) atoms. The molecule has 0 heterocycles. The lowest BCUT2D eigenvalue weighted by Gasteiger charge is -2.18. The molecule has 0 fully saturated rings. The van der Waals surface area contributed by atoms with Gasteiger partial charge in [-0.05, 0) is 96.3 Å². The van der Waals surface area contributed by atoms with E-state index in [-0.39, 0.29) is 31.1 Å². The average molecular weight is 1140 g/mol. The van der Waals surface area contributed by atoms with Crippen molar-refractivity contribution in [1.82, 2.24) is 0 Å². The molecule has 0 aromatic rings. The summed E-state index contributed by atoms with van der Waals surface area (Å²) >= 11 is 0. The van der Waals surface area contributed by atoms with Crippen LogP contribution in [0.5, 0.6) is 0 Å². The van der Waals surface area contributed by atoms with E-state index < -0.39 is 6.10 Å². The molecular formula is C76H128O6. The van der Waals surface area contributed by atoms with Crippen LogP contribution in [0.3, 0.4) is 0 Å². The fourth-order valence-corrected chi connectivity index (χ4v) is 9.59. The van der Waals surface area contributed by atoms with Gasteiger partial charge in [0, 0.05) is 19.3 Å². The molecule has 0 bridgehead atoms. The van der Waals surface area contributed by atoms with Crippen LogP contribution in [0.4, 0.5) is 0 Å². The smallest absolute Gasteiger partial charge is 0.306 e. The van der Waals surface area contributed by atoms with Gasteiger partial charge in [0.05, 0.1) is 0 Å². The predicted molar refractivity (Wildman–Crippen MR) is 357 cm³/mol. The summed E-state index contributed by atoms with van der Waals surface area (Å²) in [4.78, 5) is 38.0. The van der Waals surface area contributed by atoms with Crippen LogP contribution in [0.25, 0.3) is 0 Å². The SMILES string of the molecule is CC/C=C\C/C=C\C/C=C\C/C=C\C/C=C\C/C=C\C/C=C\C/C=C\C/C=C\C/C=C\CCCCC(=O)OCC(COC(=O)CCCCCCC)OC(=O)CCCCCCCCCCCCCCCCCCCCCCCCCCCC. The van der Waals surface area contributed by atoms with Crippen molar-refractivity contribution < 1.29 is 28.6 Å². The fraction of sp³-hybridized carbons (Fsp3) is 0.697. The normalized spacial score (nSPS) is 12.9. The molecule has 1 unspecified atom stereocenters.